The fraction of sp³-hybridized carbons (Fsp3) is 0.515. The van der Waals surface area contributed by atoms with E-state index in [0.717, 1.165) is 36.0 Å². The van der Waals surface area contributed by atoms with Crippen molar-refractivity contribution in [2.75, 3.05) is 64.6 Å². The van der Waals surface area contributed by atoms with Crippen LogP contribution in [-0.4, -0.2) is 91.6 Å². The Morgan fingerprint density at radius 1 is 1.16 bits per heavy atom. The van der Waals surface area contributed by atoms with Crippen molar-refractivity contribution >= 4 is 46.3 Å². The largest absolute Gasteiger partial charge is 0.467 e. The zero-order valence-electron chi connectivity index (χ0n) is 28.4. The van der Waals surface area contributed by atoms with Crippen molar-refractivity contribution < 1.29 is 36.7 Å². The number of likely N-dealkylation sites (N-methyl/N-ethyl adjacent to an activating group) is 1. The number of nitrogen functional groups attached to an aromatic ring is 1. The third-order valence-electron chi connectivity index (χ3n) is 9.18. The minimum atomic E-state index is -4.73. The number of hydrogen-bond donors (Lipinski definition) is 2. The van der Waals surface area contributed by atoms with Crippen LogP contribution in [0.15, 0.2) is 39.8 Å². The summed E-state index contributed by atoms with van der Waals surface area (Å²) < 4.78 is 65.1. The lowest BCUT2D eigenvalue weighted by molar-refractivity contribution is -0.164. The molecule has 2 fully saturated rings. The first-order valence-electron chi connectivity index (χ1n) is 16.2. The van der Waals surface area contributed by atoms with Gasteiger partial charge in [0.05, 0.1) is 66.8 Å². The van der Waals surface area contributed by atoms with Gasteiger partial charge in [0, 0.05) is 50.4 Å². The average Bonchev–Trinajstić information content (AvgIpc) is 3.63. The number of nitrogens with zero attached hydrogens (tertiary/aromatic N) is 6. The van der Waals surface area contributed by atoms with Gasteiger partial charge in [0.25, 0.3) is 5.91 Å². The number of aliphatic imine (C=N–C) groups is 1. The third kappa shape index (κ3) is 8.68. The lowest BCUT2D eigenvalue weighted by atomic mass is 9.94. The van der Waals surface area contributed by atoms with E-state index in [-0.39, 0.29) is 47.6 Å². The van der Waals surface area contributed by atoms with E-state index in [9.17, 15) is 22.4 Å². The molecule has 0 saturated carbocycles. The Balaban J connectivity index is 0.000000428. The molecular weight excluding hydrogens is 719 g/mol. The summed E-state index contributed by atoms with van der Waals surface area (Å²) in [6.45, 7) is 2.99. The van der Waals surface area contributed by atoms with Gasteiger partial charge < -0.3 is 25.8 Å². The number of ether oxygens (including phenoxy) is 2. The van der Waals surface area contributed by atoms with E-state index in [4.69, 9.17) is 49.0 Å². The molecule has 0 bridgehead atoms. The highest BCUT2D eigenvalue weighted by Gasteiger charge is 2.40. The monoisotopic (exact) mass is 758 g/mol. The summed E-state index contributed by atoms with van der Waals surface area (Å²) in [7, 11) is 4.09. The number of amides is 1. The summed E-state index contributed by atoms with van der Waals surface area (Å²) in [5.74, 6) is -0.207. The molecule has 0 aliphatic carbocycles. The van der Waals surface area contributed by atoms with Crippen molar-refractivity contribution in [3.05, 3.63) is 62.2 Å². The number of alkyl halides is 3. The maximum atomic E-state index is 13.9. The minimum absolute atomic E-state index is 0.0156. The lowest BCUT2D eigenvalue weighted by Crippen LogP contribution is -2.35. The molecule has 278 valence electrons. The quantitative estimate of drug-likeness (QED) is 0.171. The SMILES string of the molecule is COc1nc2c(c(N3CCCN=C(/C(Cl)=C(\N)C(=O)N(C)OC)C3)n1)COC(c1cc(N)cc(Cl)c1C(F)(F)F)C2.F/C=C1/CC2CCCN2C1. The zero-order chi connectivity index (χ0) is 37.0. The highest BCUT2D eigenvalue weighted by molar-refractivity contribution is 6.45. The number of carbonyl (C=O) groups excluding carboxylic acids is 1. The Morgan fingerprint density at radius 2 is 1.92 bits per heavy atom. The molecule has 2 saturated heterocycles. The lowest BCUT2D eigenvalue weighted by Gasteiger charge is -2.31. The summed E-state index contributed by atoms with van der Waals surface area (Å²) in [6, 6.07) is 2.96. The summed E-state index contributed by atoms with van der Waals surface area (Å²) in [5.41, 5.74) is 12.8. The molecule has 1 amide bonds. The Labute approximate surface area is 303 Å². The molecule has 12 nitrogen and oxygen atoms in total. The summed E-state index contributed by atoms with van der Waals surface area (Å²) in [5, 5.41) is 0.387. The number of fused-ring (bicyclic) bond motifs is 2. The topological polar surface area (TPSA) is 145 Å². The number of carbonyl (C=O) groups is 1. The number of hydrogen-bond acceptors (Lipinski definition) is 11. The van der Waals surface area contributed by atoms with E-state index < -0.39 is 28.8 Å². The summed E-state index contributed by atoms with van der Waals surface area (Å²) in [4.78, 5) is 35.0. The van der Waals surface area contributed by atoms with Crippen molar-refractivity contribution in [3.8, 4) is 6.01 Å². The van der Waals surface area contributed by atoms with Crippen molar-refractivity contribution in [3.63, 3.8) is 0 Å². The molecule has 2 unspecified atom stereocenters. The molecule has 0 radical (unpaired) electrons. The average molecular weight is 760 g/mol. The first-order valence-corrected chi connectivity index (χ1v) is 17.0. The number of hydroxylamine groups is 2. The second-order valence-corrected chi connectivity index (χ2v) is 13.3. The molecule has 6 rings (SSSR count). The number of anilines is 2. The Hall–Kier alpha value is -3.70. The normalized spacial score (nSPS) is 21.9. The zero-order valence-corrected chi connectivity index (χ0v) is 29.9. The number of nitrogens with two attached hydrogens (primary N) is 2. The molecule has 5 heterocycles. The molecule has 0 spiro atoms. The van der Waals surface area contributed by atoms with Gasteiger partial charge in [0.1, 0.15) is 11.5 Å². The number of aromatic nitrogens is 2. The Kier molecular flexibility index (Phi) is 12.3. The van der Waals surface area contributed by atoms with Gasteiger partial charge in [0.2, 0.25) is 0 Å². The van der Waals surface area contributed by atoms with Crippen molar-refractivity contribution in [1.29, 1.82) is 0 Å². The van der Waals surface area contributed by atoms with Crippen LogP contribution in [0.25, 0.3) is 0 Å². The standard InChI is InChI=1S/C25H28Cl2F3N7O4.C8H12FN/c1-36(40-3)23(38)21(32)20(27)17-10-37(6-4-5-33-17)22-14-11-41-18(9-16(14)34-24(35-22)39-2)13-7-12(31)8-15(26)19(13)25(28,29)30;9-5-7-4-8-2-1-3-10(8)6-7/h7-8,18H,4-6,9-11,31-32H2,1-3H3;5,8H,1-4,6H2/b21-20+;7-5-. The molecule has 2 atom stereocenters. The van der Waals surface area contributed by atoms with Crippen LogP contribution in [0.1, 0.15) is 54.2 Å². The van der Waals surface area contributed by atoms with Crippen LogP contribution in [-0.2, 0) is 33.6 Å². The maximum Gasteiger partial charge on any atom is 0.418 e. The minimum Gasteiger partial charge on any atom is -0.467 e. The van der Waals surface area contributed by atoms with Crippen LogP contribution >= 0.6 is 23.2 Å². The third-order valence-corrected chi connectivity index (χ3v) is 9.90. The summed E-state index contributed by atoms with van der Waals surface area (Å²) in [6.07, 6.45) is -0.815. The fourth-order valence-corrected chi connectivity index (χ4v) is 7.18. The van der Waals surface area contributed by atoms with Gasteiger partial charge >= 0.3 is 12.2 Å². The van der Waals surface area contributed by atoms with Crippen LogP contribution < -0.4 is 21.1 Å². The van der Waals surface area contributed by atoms with E-state index in [1.165, 1.54) is 46.7 Å². The van der Waals surface area contributed by atoms with Crippen molar-refractivity contribution in [1.82, 2.24) is 19.9 Å². The van der Waals surface area contributed by atoms with Gasteiger partial charge in [-0.3, -0.25) is 19.5 Å². The van der Waals surface area contributed by atoms with Gasteiger partial charge in [0.15, 0.2) is 0 Å². The van der Waals surface area contributed by atoms with Crippen LogP contribution in [0, 0.1) is 0 Å². The molecule has 4 aliphatic heterocycles. The van der Waals surface area contributed by atoms with E-state index in [1.807, 2.05) is 4.90 Å². The molecule has 4 aliphatic rings. The first kappa shape index (κ1) is 38.5. The van der Waals surface area contributed by atoms with Crippen LogP contribution in [0.2, 0.25) is 5.02 Å². The van der Waals surface area contributed by atoms with Gasteiger partial charge in [-0.1, -0.05) is 23.2 Å². The maximum absolute atomic E-state index is 13.9. The molecule has 51 heavy (non-hydrogen) atoms. The number of methoxy groups -OCH3 is 1. The number of benzene rings is 1. The molecular formula is C33H40Cl2F4N8O4. The predicted octanol–water partition coefficient (Wildman–Crippen LogP) is 5.34. The van der Waals surface area contributed by atoms with E-state index in [2.05, 4.69) is 19.9 Å². The van der Waals surface area contributed by atoms with E-state index in [0.29, 0.717) is 48.3 Å². The molecule has 2 aromatic rings. The molecule has 4 N–H and O–H groups in total. The van der Waals surface area contributed by atoms with Gasteiger partial charge in [-0.15, -0.1) is 0 Å². The fourth-order valence-electron chi connectivity index (χ4n) is 6.63. The predicted molar refractivity (Wildman–Crippen MR) is 185 cm³/mol. The van der Waals surface area contributed by atoms with Crippen LogP contribution in [0.3, 0.4) is 0 Å². The van der Waals surface area contributed by atoms with Gasteiger partial charge in [-0.25, -0.2) is 9.45 Å². The van der Waals surface area contributed by atoms with Crippen LogP contribution in [0.5, 0.6) is 6.01 Å². The highest BCUT2D eigenvalue weighted by Crippen LogP contribution is 2.44. The number of rotatable bonds is 6. The van der Waals surface area contributed by atoms with Gasteiger partial charge in [-0.05, 0) is 55.5 Å². The van der Waals surface area contributed by atoms with Crippen molar-refractivity contribution in [2.45, 2.75) is 57.0 Å². The Bertz CT molecular complexity index is 1710. The second kappa shape index (κ2) is 16.3. The Morgan fingerprint density at radius 3 is 2.59 bits per heavy atom. The molecule has 1 aromatic heterocycles. The smallest absolute Gasteiger partial charge is 0.418 e. The van der Waals surface area contributed by atoms with Crippen molar-refractivity contribution in [2.24, 2.45) is 10.7 Å². The van der Waals surface area contributed by atoms with E-state index in [1.54, 1.807) is 0 Å². The van der Waals surface area contributed by atoms with Gasteiger partial charge in [-0.2, -0.15) is 23.1 Å². The second-order valence-electron chi connectivity index (χ2n) is 12.5. The number of halogens is 6. The first-order chi connectivity index (χ1) is 24.2. The van der Waals surface area contributed by atoms with Crippen LogP contribution in [0.4, 0.5) is 29.1 Å². The molecule has 1 aromatic carbocycles. The summed E-state index contributed by atoms with van der Waals surface area (Å²) >= 11 is 12.5. The highest BCUT2D eigenvalue weighted by atomic mass is 35.5. The van der Waals surface area contributed by atoms with E-state index >= 15 is 0 Å². The molecule has 18 heteroatoms.